The van der Waals surface area contributed by atoms with Crippen LogP contribution in [0.4, 0.5) is 15.8 Å². The van der Waals surface area contributed by atoms with Crippen molar-refractivity contribution in [2.75, 3.05) is 23.3 Å². The van der Waals surface area contributed by atoms with Crippen molar-refractivity contribution in [1.82, 2.24) is 0 Å². The smallest absolute Gasteiger partial charge is 0.343 e. The standard InChI is InChI=1S/C33H32FN3O2/c1-5-37(6-2)28-16-12-24-17-25(33(38)39-32(24)19-28)13-15-27-14-11-23-18-29(34)30(20-31(23)36(27)4)35-21-26-10-8-7-9-22(26)3/h7-20H,5-6,21H2,1-4H3/p+1/b15-13+. The van der Waals surface area contributed by atoms with E-state index in [1.54, 1.807) is 12.1 Å². The van der Waals surface area contributed by atoms with E-state index in [0.29, 0.717) is 23.4 Å². The van der Waals surface area contributed by atoms with Crippen LogP contribution in [0.3, 0.4) is 0 Å². The van der Waals surface area contributed by atoms with E-state index in [9.17, 15) is 9.18 Å². The zero-order chi connectivity index (χ0) is 27.5. The van der Waals surface area contributed by atoms with Gasteiger partial charge >= 0.3 is 5.63 Å². The summed E-state index contributed by atoms with van der Waals surface area (Å²) in [6.07, 6.45) is 3.65. The first-order valence-corrected chi connectivity index (χ1v) is 13.3. The van der Waals surface area contributed by atoms with Crippen molar-refractivity contribution >= 4 is 45.4 Å². The van der Waals surface area contributed by atoms with Gasteiger partial charge in [-0.15, -0.1) is 0 Å². The Morgan fingerprint density at radius 3 is 2.49 bits per heavy atom. The molecule has 0 atom stereocenters. The lowest BCUT2D eigenvalue weighted by molar-refractivity contribution is -0.646. The van der Waals surface area contributed by atoms with E-state index in [1.807, 2.05) is 85.3 Å². The summed E-state index contributed by atoms with van der Waals surface area (Å²) >= 11 is 0. The van der Waals surface area contributed by atoms with Gasteiger partial charge in [0, 0.05) is 60.4 Å². The van der Waals surface area contributed by atoms with Crippen LogP contribution >= 0.6 is 0 Å². The van der Waals surface area contributed by atoms with Gasteiger partial charge in [0.25, 0.3) is 0 Å². The summed E-state index contributed by atoms with van der Waals surface area (Å²) in [5, 5.41) is 4.91. The average molecular weight is 523 g/mol. The van der Waals surface area contributed by atoms with Crippen LogP contribution in [0.2, 0.25) is 0 Å². The number of benzene rings is 3. The predicted octanol–water partition coefficient (Wildman–Crippen LogP) is 6.85. The summed E-state index contributed by atoms with van der Waals surface area (Å²) in [7, 11) is 1.93. The van der Waals surface area contributed by atoms with Crippen LogP contribution in [-0.4, -0.2) is 13.1 Å². The third-order valence-corrected chi connectivity index (χ3v) is 7.34. The predicted molar refractivity (Wildman–Crippen MR) is 159 cm³/mol. The minimum atomic E-state index is -0.386. The highest BCUT2D eigenvalue weighted by Crippen LogP contribution is 2.24. The van der Waals surface area contributed by atoms with Gasteiger partial charge < -0.3 is 14.6 Å². The van der Waals surface area contributed by atoms with Gasteiger partial charge in [0.05, 0.1) is 11.3 Å². The van der Waals surface area contributed by atoms with Crippen molar-refractivity contribution < 1.29 is 13.4 Å². The molecule has 0 fully saturated rings. The number of nitrogens with one attached hydrogen (secondary N) is 1. The highest BCUT2D eigenvalue weighted by Gasteiger charge is 2.15. The summed E-state index contributed by atoms with van der Waals surface area (Å²) in [5.74, 6) is -0.294. The second kappa shape index (κ2) is 11.1. The number of pyridine rings is 1. The summed E-state index contributed by atoms with van der Waals surface area (Å²) < 4.78 is 22.5. The molecule has 5 aromatic rings. The quantitative estimate of drug-likeness (QED) is 0.179. The highest BCUT2D eigenvalue weighted by molar-refractivity contribution is 5.84. The van der Waals surface area contributed by atoms with Gasteiger partial charge in [-0.1, -0.05) is 24.3 Å². The molecule has 198 valence electrons. The molecule has 5 nitrogen and oxygen atoms in total. The molecule has 0 bridgehead atoms. The molecule has 5 rings (SSSR count). The van der Waals surface area contributed by atoms with Crippen LogP contribution in [0, 0.1) is 12.7 Å². The Morgan fingerprint density at radius 2 is 1.72 bits per heavy atom. The molecule has 0 aliphatic carbocycles. The van der Waals surface area contributed by atoms with E-state index >= 15 is 0 Å². The van der Waals surface area contributed by atoms with E-state index in [-0.39, 0.29) is 11.4 Å². The molecule has 0 aliphatic heterocycles. The first-order valence-electron chi connectivity index (χ1n) is 13.3. The number of fused-ring (bicyclic) bond motifs is 2. The van der Waals surface area contributed by atoms with Crippen LogP contribution in [-0.2, 0) is 13.6 Å². The molecule has 0 saturated heterocycles. The molecule has 0 aliphatic rings. The van der Waals surface area contributed by atoms with Crippen molar-refractivity contribution in [3.8, 4) is 0 Å². The van der Waals surface area contributed by atoms with Gasteiger partial charge in [-0.2, -0.15) is 4.57 Å². The maximum Gasteiger partial charge on any atom is 0.343 e. The summed E-state index contributed by atoms with van der Waals surface area (Å²) in [6.45, 7) is 8.55. The fourth-order valence-corrected chi connectivity index (χ4v) is 4.92. The van der Waals surface area contributed by atoms with Crippen LogP contribution < -0.4 is 20.4 Å². The number of halogens is 1. The molecular weight excluding hydrogens is 489 g/mol. The zero-order valence-electron chi connectivity index (χ0n) is 22.8. The second-order valence-electron chi connectivity index (χ2n) is 9.71. The maximum atomic E-state index is 14.9. The van der Waals surface area contributed by atoms with Crippen molar-refractivity contribution in [3.63, 3.8) is 0 Å². The molecule has 3 aromatic carbocycles. The number of aromatic nitrogens is 1. The van der Waals surface area contributed by atoms with E-state index < -0.39 is 0 Å². The summed E-state index contributed by atoms with van der Waals surface area (Å²) in [6, 6.07) is 23.1. The van der Waals surface area contributed by atoms with Gasteiger partial charge in [-0.3, -0.25) is 0 Å². The Labute approximate surface area is 227 Å². The van der Waals surface area contributed by atoms with Crippen LogP contribution in [0.15, 0.2) is 82.0 Å². The lowest BCUT2D eigenvalue weighted by Crippen LogP contribution is -2.32. The molecule has 2 heterocycles. The SMILES string of the molecule is CCN(CC)c1ccc2cc(/C=C/c3ccc4cc(F)c(NCc5ccccc5C)cc4[n+]3C)c(=O)oc2c1. The van der Waals surface area contributed by atoms with E-state index in [2.05, 4.69) is 30.1 Å². The Morgan fingerprint density at radius 1 is 0.949 bits per heavy atom. The number of hydrogen-bond donors (Lipinski definition) is 1. The average Bonchev–Trinajstić information content (AvgIpc) is 2.93. The largest absolute Gasteiger partial charge is 0.422 e. The first kappa shape index (κ1) is 26.2. The molecule has 0 unspecified atom stereocenters. The molecule has 0 saturated carbocycles. The fraction of sp³-hybridized carbons (Fsp3) is 0.212. The van der Waals surface area contributed by atoms with Gasteiger partial charge in [-0.05, 0) is 68.3 Å². The molecular formula is C33H33FN3O2+. The highest BCUT2D eigenvalue weighted by atomic mass is 19.1. The minimum absolute atomic E-state index is 0.294. The van der Waals surface area contributed by atoms with Gasteiger partial charge in [0.1, 0.15) is 18.4 Å². The Hall–Kier alpha value is -4.45. The van der Waals surface area contributed by atoms with Gasteiger partial charge in [0.2, 0.25) is 11.2 Å². The zero-order valence-corrected chi connectivity index (χ0v) is 22.8. The molecule has 1 N–H and O–H groups in total. The monoisotopic (exact) mass is 522 g/mol. The second-order valence-corrected chi connectivity index (χ2v) is 9.71. The Bertz CT molecular complexity index is 1750. The number of hydrogen-bond acceptors (Lipinski definition) is 4. The van der Waals surface area contributed by atoms with Gasteiger partial charge in [0.15, 0.2) is 0 Å². The fourth-order valence-electron chi connectivity index (χ4n) is 4.92. The number of aryl methyl sites for hydroxylation is 2. The lowest BCUT2D eigenvalue weighted by atomic mass is 10.1. The van der Waals surface area contributed by atoms with Crippen molar-refractivity contribution in [3.05, 3.63) is 111 Å². The normalized spacial score (nSPS) is 11.5. The molecule has 6 heteroatoms. The number of anilines is 2. The Balaban J connectivity index is 1.44. The molecule has 39 heavy (non-hydrogen) atoms. The molecule has 2 aromatic heterocycles. The van der Waals surface area contributed by atoms with E-state index in [4.69, 9.17) is 4.42 Å². The number of nitrogens with zero attached hydrogens (tertiary/aromatic N) is 2. The minimum Gasteiger partial charge on any atom is -0.422 e. The Kier molecular flexibility index (Phi) is 7.46. The summed E-state index contributed by atoms with van der Waals surface area (Å²) in [5.41, 5.74) is 6.17. The number of rotatable bonds is 8. The van der Waals surface area contributed by atoms with Crippen molar-refractivity contribution in [1.29, 1.82) is 0 Å². The summed E-state index contributed by atoms with van der Waals surface area (Å²) in [4.78, 5) is 15.0. The maximum absolute atomic E-state index is 14.9. The van der Waals surface area contributed by atoms with Gasteiger partial charge in [-0.25, -0.2) is 9.18 Å². The van der Waals surface area contributed by atoms with Crippen molar-refractivity contribution in [2.24, 2.45) is 7.05 Å². The van der Waals surface area contributed by atoms with E-state index in [0.717, 1.165) is 51.9 Å². The topological polar surface area (TPSA) is 49.4 Å². The van der Waals surface area contributed by atoms with Crippen LogP contribution in [0.1, 0.15) is 36.2 Å². The van der Waals surface area contributed by atoms with E-state index in [1.165, 1.54) is 0 Å². The van der Waals surface area contributed by atoms with Crippen LogP contribution in [0.5, 0.6) is 0 Å². The third kappa shape index (κ3) is 5.41. The lowest BCUT2D eigenvalue weighted by Gasteiger charge is -2.20. The molecule has 0 amide bonds. The third-order valence-electron chi connectivity index (χ3n) is 7.34. The van der Waals surface area contributed by atoms with Crippen molar-refractivity contribution in [2.45, 2.75) is 27.3 Å². The molecule has 0 spiro atoms. The molecule has 0 radical (unpaired) electrons. The first-order chi connectivity index (χ1) is 18.9. The van der Waals surface area contributed by atoms with Crippen LogP contribution in [0.25, 0.3) is 34.0 Å².